The van der Waals surface area contributed by atoms with E-state index in [1.807, 2.05) is 0 Å². The zero-order valence-electron chi connectivity index (χ0n) is 16.5. The first-order valence-electron chi connectivity index (χ1n) is 8.25. The van der Waals surface area contributed by atoms with Crippen LogP contribution in [0.15, 0.2) is 0 Å². The molecule has 33 heavy (non-hydrogen) atoms. The van der Waals surface area contributed by atoms with E-state index in [1.54, 1.807) is 0 Å². The standard InChI is InChI=1S/4C4H6O4.CH4/c4*5-3(6)1-2-4(7)8;/h4*1-2H2,(H,5,6)(H,7,8);1H4. The Labute approximate surface area is 186 Å². The SMILES string of the molecule is C.O=C(O)CCC(=O)O.O=C(O)CCC(=O)O.O=C(O)CCC(=O)O.O=C(O)CCC(=O)O. The number of carbonyl (C=O) groups is 8. The molecule has 0 atom stereocenters. The summed E-state index contributed by atoms with van der Waals surface area (Å²) in [6, 6.07) is 0. The van der Waals surface area contributed by atoms with Crippen LogP contribution in [-0.2, 0) is 38.4 Å². The first kappa shape index (κ1) is 39.3. The molecule has 0 heterocycles. The number of hydrogen-bond donors (Lipinski definition) is 8. The predicted octanol–water partition coefficient (Wildman–Crippen LogP) is 0.379. The fourth-order valence-electron chi connectivity index (χ4n) is 0.855. The van der Waals surface area contributed by atoms with Gasteiger partial charge in [0.15, 0.2) is 0 Å². The Hall–Kier alpha value is -4.24. The maximum absolute atomic E-state index is 9.64. The van der Waals surface area contributed by atoms with Gasteiger partial charge < -0.3 is 40.9 Å². The van der Waals surface area contributed by atoms with Crippen LogP contribution in [0.2, 0.25) is 0 Å². The van der Waals surface area contributed by atoms with Crippen molar-refractivity contribution in [2.75, 3.05) is 0 Å². The first-order chi connectivity index (χ1) is 14.5. The summed E-state index contributed by atoms with van der Waals surface area (Å²) in [4.78, 5) is 77.1. The molecule has 192 valence electrons. The van der Waals surface area contributed by atoms with Gasteiger partial charge in [-0.3, -0.25) is 38.4 Å². The second-order valence-corrected chi connectivity index (χ2v) is 5.15. The molecule has 0 saturated carbocycles. The van der Waals surface area contributed by atoms with Crippen LogP contribution in [0.25, 0.3) is 0 Å². The highest BCUT2D eigenvalue weighted by atomic mass is 16.4. The Balaban J connectivity index is -0.000000105. The number of carboxylic acid groups (broad SMARTS) is 8. The van der Waals surface area contributed by atoms with Crippen LogP contribution in [0.4, 0.5) is 0 Å². The van der Waals surface area contributed by atoms with Gasteiger partial charge in [-0.1, -0.05) is 7.43 Å². The Morgan fingerprint density at radius 2 is 0.333 bits per heavy atom. The van der Waals surface area contributed by atoms with Crippen LogP contribution < -0.4 is 0 Å². The fourth-order valence-corrected chi connectivity index (χ4v) is 0.855. The average molecular weight is 488 g/mol. The highest BCUT2D eigenvalue weighted by molar-refractivity contribution is 5.76. The van der Waals surface area contributed by atoms with Gasteiger partial charge in [0.2, 0.25) is 0 Å². The maximum atomic E-state index is 9.64. The van der Waals surface area contributed by atoms with Crippen molar-refractivity contribution in [3.8, 4) is 0 Å². The van der Waals surface area contributed by atoms with Gasteiger partial charge in [0.1, 0.15) is 0 Å². The van der Waals surface area contributed by atoms with Crippen molar-refractivity contribution >= 4 is 47.8 Å². The zero-order valence-corrected chi connectivity index (χ0v) is 16.5. The monoisotopic (exact) mass is 488 g/mol. The minimum Gasteiger partial charge on any atom is -0.481 e. The Morgan fingerprint density at radius 3 is 0.364 bits per heavy atom. The number of rotatable bonds is 12. The minimum absolute atomic E-state index is 0. The molecule has 16 heteroatoms. The van der Waals surface area contributed by atoms with Crippen molar-refractivity contribution in [3.05, 3.63) is 0 Å². The molecule has 0 unspecified atom stereocenters. The molecule has 0 aliphatic rings. The Morgan fingerprint density at radius 1 is 0.273 bits per heavy atom. The molecule has 0 aromatic heterocycles. The molecule has 0 aromatic carbocycles. The van der Waals surface area contributed by atoms with Crippen LogP contribution in [0.3, 0.4) is 0 Å². The summed E-state index contributed by atoms with van der Waals surface area (Å²) in [6.07, 6.45) is -2.37. The molecular formula is C17H28O16. The van der Waals surface area contributed by atoms with Crippen LogP contribution >= 0.6 is 0 Å². The van der Waals surface area contributed by atoms with Gasteiger partial charge in [0, 0.05) is 0 Å². The Bertz CT molecular complexity index is 483. The second-order valence-electron chi connectivity index (χ2n) is 5.15. The van der Waals surface area contributed by atoms with Gasteiger partial charge in [0.25, 0.3) is 0 Å². The zero-order chi connectivity index (χ0) is 26.3. The summed E-state index contributed by atoms with van der Waals surface area (Å²) in [5, 5.41) is 63.2. The second kappa shape index (κ2) is 25.8. The molecule has 0 saturated heterocycles. The topological polar surface area (TPSA) is 298 Å². The van der Waals surface area contributed by atoms with Gasteiger partial charge in [-0.15, -0.1) is 0 Å². The molecule has 0 spiro atoms. The van der Waals surface area contributed by atoms with E-state index in [-0.39, 0.29) is 58.8 Å². The largest absolute Gasteiger partial charge is 0.481 e. The summed E-state index contributed by atoms with van der Waals surface area (Å²) < 4.78 is 0. The van der Waals surface area contributed by atoms with E-state index in [4.69, 9.17) is 40.9 Å². The molecule has 0 aliphatic carbocycles. The minimum atomic E-state index is -1.08. The lowest BCUT2D eigenvalue weighted by Gasteiger charge is -1.85. The molecule has 0 aromatic rings. The van der Waals surface area contributed by atoms with Gasteiger partial charge in [-0.05, 0) is 0 Å². The molecule has 0 fully saturated rings. The molecule has 0 rings (SSSR count). The van der Waals surface area contributed by atoms with E-state index < -0.39 is 47.8 Å². The maximum Gasteiger partial charge on any atom is 0.303 e. The van der Waals surface area contributed by atoms with Gasteiger partial charge in [0.05, 0.1) is 51.4 Å². The van der Waals surface area contributed by atoms with E-state index in [0.717, 1.165) is 0 Å². The van der Waals surface area contributed by atoms with E-state index in [0.29, 0.717) is 0 Å². The quantitative estimate of drug-likeness (QED) is 0.184. The lowest BCUT2D eigenvalue weighted by Crippen LogP contribution is -2.00. The average Bonchev–Trinajstić information content (AvgIpc) is 2.63. The third-order valence-electron chi connectivity index (χ3n) is 2.21. The van der Waals surface area contributed by atoms with Crippen molar-refractivity contribution < 1.29 is 79.2 Å². The smallest absolute Gasteiger partial charge is 0.303 e. The molecule has 8 N–H and O–H groups in total. The van der Waals surface area contributed by atoms with E-state index in [1.165, 1.54) is 0 Å². The van der Waals surface area contributed by atoms with Crippen LogP contribution in [-0.4, -0.2) is 88.6 Å². The number of carboxylic acids is 8. The highest BCUT2D eigenvalue weighted by Gasteiger charge is 2.02. The van der Waals surface area contributed by atoms with Gasteiger partial charge >= 0.3 is 47.8 Å². The van der Waals surface area contributed by atoms with Crippen molar-refractivity contribution in [2.45, 2.75) is 58.8 Å². The number of hydrogen-bond acceptors (Lipinski definition) is 8. The molecule has 0 radical (unpaired) electrons. The normalized spacial score (nSPS) is 8.24. The van der Waals surface area contributed by atoms with Crippen LogP contribution in [0.5, 0.6) is 0 Å². The predicted molar refractivity (Wildman–Crippen MR) is 105 cm³/mol. The third-order valence-corrected chi connectivity index (χ3v) is 2.21. The van der Waals surface area contributed by atoms with Crippen molar-refractivity contribution in [1.29, 1.82) is 0 Å². The van der Waals surface area contributed by atoms with Gasteiger partial charge in [-0.25, -0.2) is 0 Å². The molecule has 0 amide bonds. The van der Waals surface area contributed by atoms with Crippen LogP contribution in [0.1, 0.15) is 58.8 Å². The lowest BCUT2D eigenvalue weighted by atomic mass is 10.3. The first-order valence-corrected chi connectivity index (χ1v) is 8.25. The molecule has 16 nitrogen and oxygen atoms in total. The number of aliphatic carboxylic acids is 8. The molecule has 0 bridgehead atoms. The van der Waals surface area contributed by atoms with E-state index >= 15 is 0 Å². The summed E-state index contributed by atoms with van der Waals surface area (Å²) in [6.45, 7) is 0. The Kier molecular flexibility index (Phi) is 30.7. The summed E-state index contributed by atoms with van der Waals surface area (Å²) in [5.41, 5.74) is 0. The summed E-state index contributed by atoms with van der Waals surface area (Å²) in [7, 11) is 0. The molecule has 0 aliphatic heterocycles. The van der Waals surface area contributed by atoms with E-state index in [2.05, 4.69) is 0 Å². The third kappa shape index (κ3) is 74.2. The van der Waals surface area contributed by atoms with Crippen molar-refractivity contribution in [2.24, 2.45) is 0 Å². The summed E-state index contributed by atoms with van der Waals surface area (Å²) in [5.74, 6) is -8.61. The lowest BCUT2D eigenvalue weighted by molar-refractivity contribution is -0.143. The van der Waals surface area contributed by atoms with Crippen molar-refractivity contribution in [1.82, 2.24) is 0 Å². The van der Waals surface area contributed by atoms with Crippen molar-refractivity contribution in [3.63, 3.8) is 0 Å². The highest BCUT2D eigenvalue weighted by Crippen LogP contribution is 1.87. The summed E-state index contributed by atoms with van der Waals surface area (Å²) >= 11 is 0. The fraction of sp³-hybridized carbons (Fsp3) is 0.529. The van der Waals surface area contributed by atoms with Gasteiger partial charge in [-0.2, -0.15) is 0 Å². The van der Waals surface area contributed by atoms with E-state index in [9.17, 15) is 38.4 Å². The molecular weight excluding hydrogens is 460 g/mol. The van der Waals surface area contributed by atoms with Crippen LogP contribution in [0, 0.1) is 0 Å².